The summed E-state index contributed by atoms with van der Waals surface area (Å²) in [6, 6.07) is 17.8. The highest BCUT2D eigenvalue weighted by molar-refractivity contribution is 7.89. The molecule has 0 aliphatic carbocycles. The van der Waals surface area contributed by atoms with Gasteiger partial charge in [-0.2, -0.15) is 0 Å². The van der Waals surface area contributed by atoms with Crippen molar-refractivity contribution in [3.63, 3.8) is 0 Å². The number of nitrogen functional groups attached to an aromatic ring is 2. The predicted octanol–water partition coefficient (Wildman–Crippen LogP) is 3.55. The molecule has 0 bridgehead atoms. The molecular formula is C21H21N5O2S. The fraction of sp³-hybridized carbons (Fsp3) is 0.0952. The quantitative estimate of drug-likeness (QED) is 0.352. The van der Waals surface area contributed by atoms with E-state index in [0.717, 1.165) is 33.2 Å². The van der Waals surface area contributed by atoms with E-state index in [1.54, 1.807) is 24.3 Å². The molecule has 29 heavy (non-hydrogen) atoms. The maximum Gasteiger partial charge on any atom is 0.242 e. The zero-order valence-electron chi connectivity index (χ0n) is 16.0. The van der Waals surface area contributed by atoms with Gasteiger partial charge >= 0.3 is 0 Å². The van der Waals surface area contributed by atoms with E-state index in [9.17, 15) is 8.42 Å². The van der Waals surface area contributed by atoms with Crippen LogP contribution >= 0.6 is 0 Å². The molecule has 7 nitrogen and oxygen atoms in total. The van der Waals surface area contributed by atoms with Gasteiger partial charge in [0.15, 0.2) is 0 Å². The Bertz CT molecular complexity index is 1270. The van der Waals surface area contributed by atoms with Crippen LogP contribution in [-0.2, 0) is 10.0 Å². The smallest absolute Gasteiger partial charge is 0.242 e. The molecular weight excluding hydrogens is 386 g/mol. The summed E-state index contributed by atoms with van der Waals surface area (Å²) in [4.78, 5) is 4.92. The van der Waals surface area contributed by atoms with E-state index in [1.807, 2.05) is 36.4 Å². The first-order chi connectivity index (χ1) is 13.8. The standard InChI is InChI=1S/C21H21N5O2S/c1-26(2)29(27,28)16-7-5-15(6-8-16)24-21-17-9-3-13(22)11-19(17)25-20-12-14(23)4-10-18(20)21/h3-12H,22-23H2,1-2H3,(H,24,25). The largest absolute Gasteiger partial charge is 0.399 e. The lowest BCUT2D eigenvalue weighted by Crippen LogP contribution is -2.22. The molecule has 0 atom stereocenters. The maximum atomic E-state index is 12.3. The SMILES string of the molecule is CN(C)S(=O)(=O)c1ccc(Nc2c3ccc(N)cc3nc3cc(N)ccc23)cc1. The molecule has 0 saturated heterocycles. The number of anilines is 4. The summed E-state index contributed by atoms with van der Waals surface area (Å²) in [6.07, 6.45) is 0. The van der Waals surface area contributed by atoms with Crippen LogP contribution in [0.5, 0.6) is 0 Å². The topological polar surface area (TPSA) is 114 Å². The monoisotopic (exact) mass is 407 g/mol. The zero-order chi connectivity index (χ0) is 20.8. The average Bonchev–Trinajstić information content (AvgIpc) is 2.67. The van der Waals surface area contributed by atoms with Crippen LogP contribution in [0.3, 0.4) is 0 Å². The number of nitrogens with two attached hydrogens (primary N) is 2. The number of hydrogen-bond acceptors (Lipinski definition) is 6. The van der Waals surface area contributed by atoms with Gasteiger partial charge in [-0.25, -0.2) is 17.7 Å². The van der Waals surface area contributed by atoms with E-state index < -0.39 is 10.0 Å². The molecule has 0 unspecified atom stereocenters. The Kier molecular flexibility index (Phi) is 4.52. The molecule has 0 aliphatic heterocycles. The average molecular weight is 407 g/mol. The number of sulfonamides is 1. The van der Waals surface area contributed by atoms with E-state index in [-0.39, 0.29) is 4.90 Å². The third-order valence-electron chi connectivity index (χ3n) is 4.73. The van der Waals surface area contributed by atoms with E-state index in [1.165, 1.54) is 18.4 Å². The minimum Gasteiger partial charge on any atom is -0.399 e. The van der Waals surface area contributed by atoms with Gasteiger partial charge in [-0.15, -0.1) is 0 Å². The highest BCUT2D eigenvalue weighted by Gasteiger charge is 2.17. The van der Waals surface area contributed by atoms with Crippen LogP contribution in [0.1, 0.15) is 0 Å². The van der Waals surface area contributed by atoms with Gasteiger partial charge in [0.05, 0.1) is 21.6 Å². The van der Waals surface area contributed by atoms with Crippen LogP contribution in [0.4, 0.5) is 22.7 Å². The minimum atomic E-state index is -3.48. The van der Waals surface area contributed by atoms with Crippen molar-refractivity contribution in [3.05, 3.63) is 60.7 Å². The van der Waals surface area contributed by atoms with Crippen molar-refractivity contribution < 1.29 is 8.42 Å². The van der Waals surface area contributed by atoms with Crippen LogP contribution in [0.25, 0.3) is 21.8 Å². The van der Waals surface area contributed by atoms with Crippen molar-refractivity contribution in [1.82, 2.24) is 9.29 Å². The third-order valence-corrected chi connectivity index (χ3v) is 6.55. The van der Waals surface area contributed by atoms with Gasteiger partial charge in [0, 0.05) is 41.9 Å². The second-order valence-electron chi connectivity index (χ2n) is 6.98. The second kappa shape index (κ2) is 6.91. The molecule has 148 valence electrons. The molecule has 4 rings (SSSR count). The Morgan fingerprint density at radius 1 is 0.828 bits per heavy atom. The number of nitrogens with zero attached hydrogens (tertiary/aromatic N) is 2. The number of hydrogen-bond donors (Lipinski definition) is 3. The molecule has 5 N–H and O–H groups in total. The Morgan fingerprint density at radius 3 is 1.83 bits per heavy atom. The Morgan fingerprint density at radius 2 is 1.34 bits per heavy atom. The van der Waals surface area contributed by atoms with Gasteiger partial charge in [0.2, 0.25) is 10.0 Å². The van der Waals surface area contributed by atoms with Gasteiger partial charge in [-0.05, 0) is 60.7 Å². The van der Waals surface area contributed by atoms with E-state index in [2.05, 4.69) is 10.3 Å². The van der Waals surface area contributed by atoms with Gasteiger partial charge in [0.1, 0.15) is 0 Å². The predicted molar refractivity (Wildman–Crippen MR) is 119 cm³/mol. The van der Waals surface area contributed by atoms with E-state index >= 15 is 0 Å². The van der Waals surface area contributed by atoms with Gasteiger partial charge in [-0.1, -0.05) is 0 Å². The molecule has 4 aromatic rings. The first kappa shape index (κ1) is 19.0. The minimum absolute atomic E-state index is 0.234. The highest BCUT2D eigenvalue weighted by Crippen LogP contribution is 2.35. The molecule has 0 fully saturated rings. The molecule has 0 aliphatic rings. The van der Waals surface area contributed by atoms with Crippen molar-refractivity contribution in [2.75, 3.05) is 30.9 Å². The summed E-state index contributed by atoms with van der Waals surface area (Å²) in [7, 11) is -0.461. The van der Waals surface area contributed by atoms with E-state index in [0.29, 0.717) is 11.4 Å². The van der Waals surface area contributed by atoms with Crippen LogP contribution in [0.15, 0.2) is 65.6 Å². The van der Waals surface area contributed by atoms with Crippen molar-refractivity contribution in [2.45, 2.75) is 4.90 Å². The molecule has 8 heteroatoms. The molecule has 0 amide bonds. The number of benzene rings is 3. The molecule has 0 spiro atoms. The summed E-state index contributed by atoms with van der Waals surface area (Å²) >= 11 is 0. The molecule has 0 saturated carbocycles. The first-order valence-electron chi connectivity index (χ1n) is 8.94. The van der Waals surface area contributed by atoms with Crippen molar-refractivity contribution in [3.8, 4) is 0 Å². The van der Waals surface area contributed by atoms with Crippen molar-refractivity contribution in [1.29, 1.82) is 0 Å². The highest BCUT2D eigenvalue weighted by atomic mass is 32.2. The van der Waals surface area contributed by atoms with Crippen LogP contribution in [0.2, 0.25) is 0 Å². The van der Waals surface area contributed by atoms with Gasteiger partial charge < -0.3 is 16.8 Å². The zero-order valence-corrected chi connectivity index (χ0v) is 16.9. The Hall–Kier alpha value is -3.36. The molecule has 1 aromatic heterocycles. The fourth-order valence-electron chi connectivity index (χ4n) is 3.18. The molecule has 1 heterocycles. The van der Waals surface area contributed by atoms with Crippen LogP contribution in [0, 0.1) is 0 Å². The lowest BCUT2D eigenvalue weighted by Gasteiger charge is -2.15. The normalized spacial score (nSPS) is 12.0. The summed E-state index contributed by atoms with van der Waals surface area (Å²) < 4.78 is 25.8. The lowest BCUT2D eigenvalue weighted by molar-refractivity contribution is 0.521. The molecule has 0 radical (unpaired) electrons. The van der Waals surface area contributed by atoms with Crippen molar-refractivity contribution in [2.24, 2.45) is 0 Å². The third kappa shape index (κ3) is 3.43. The van der Waals surface area contributed by atoms with E-state index in [4.69, 9.17) is 11.5 Å². The Labute approximate surface area is 169 Å². The van der Waals surface area contributed by atoms with Gasteiger partial charge in [0.25, 0.3) is 0 Å². The number of rotatable bonds is 4. The molecule has 3 aromatic carbocycles. The maximum absolute atomic E-state index is 12.3. The first-order valence-corrected chi connectivity index (χ1v) is 10.4. The summed E-state index contributed by atoms with van der Waals surface area (Å²) in [5, 5.41) is 5.21. The summed E-state index contributed by atoms with van der Waals surface area (Å²) in [6.45, 7) is 0. The number of fused-ring (bicyclic) bond motifs is 2. The number of nitrogens with one attached hydrogen (secondary N) is 1. The number of aromatic nitrogens is 1. The number of pyridine rings is 1. The Balaban J connectivity index is 1.84. The summed E-state index contributed by atoms with van der Waals surface area (Å²) in [5.74, 6) is 0. The van der Waals surface area contributed by atoms with Crippen LogP contribution < -0.4 is 16.8 Å². The van der Waals surface area contributed by atoms with Gasteiger partial charge in [-0.3, -0.25) is 0 Å². The summed E-state index contributed by atoms with van der Waals surface area (Å²) in [5.41, 5.74) is 16.2. The second-order valence-corrected chi connectivity index (χ2v) is 9.13. The fourth-order valence-corrected chi connectivity index (χ4v) is 4.08. The van der Waals surface area contributed by atoms with Crippen molar-refractivity contribution >= 4 is 54.6 Å². The van der Waals surface area contributed by atoms with Crippen LogP contribution in [-0.4, -0.2) is 31.8 Å². The lowest BCUT2D eigenvalue weighted by atomic mass is 10.1.